The van der Waals surface area contributed by atoms with Crippen molar-refractivity contribution in [1.82, 2.24) is 25.7 Å². The Morgan fingerprint density at radius 1 is 1.06 bits per heavy atom. The van der Waals surface area contributed by atoms with Crippen molar-refractivity contribution >= 4 is 52.0 Å². The van der Waals surface area contributed by atoms with Crippen molar-refractivity contribution in [1.29, 1.82) is 0 Å². The zero-order chi connectivity index (χ0) is 23.5. The number of likely N-dealkylation sites (tertiary alicyclic amines) is 1. The van der Waals surface area contributed by atoms with Crippen LogP contribution < -0.4 is 10.9 Å². The Bertz CT molecular complexity index is 1200. The number of carbonyl (C=O) groups excluding carboxylic acids is 3. The summed E-state index contributed by atoms with van der Waals surface area (Å²) in [5, 5.41) is 3.72. The number of aromatic nitrogens is 2. The predicted molar refractivity (Wildman–Crippen MR) is 128 cm³/mol. The van der Waals surface area contributed by atoms with Gasteiger partial charge in [-0.1, -0.05) is 23.7 Å². The molecule has 0 spiro atoms. The monoisotopic (exact) mass is 503 g/mol. The number of amides is 3. The molecule has 0 radical (unpaired) electrons. The first-order valence-corrected chi connectivity index (χ1v) is 12.4. The summed E-state index contributed by atoms with van der Waals surface area (Å²) in [4.78, 5) is 48.8. The Hall–Kier alpha value is -2.82. The van der Waals surface area contributed by atoms with Gasteiger partial charge < -0.3 is 4.90 Å². The van der Waals surface area contributed by atoms with Gasteiger partial charge in [0, 0.05) is 24.4 Å². The standard InChI is InChI=1S/C22H22ClN5O3S2/c1-12-18(33-13(2)24-12)22(31)28-9-7-14(8-10-28)21-25-17(11-32-21)20(30)27-26-19(29)15-5-3-4-6-16(15)23/h3-6,11,14H,7-10H2,1-2H3,(H,26,29)(H,27,30). The molecule has 4 rings (SSSR count). The third-order valence-corrected chi connectivity index (χ3v) is 7.79. The number of hydrazine groups is 1. The summed E-state index contributed by atoms with van der Waals surface area (Å²) in [7, 11) is 0. The zero-order valence-electron chi connectivity index (χ0n) is 18.1. The number of nitrogens with one attached hydrogen (secondary N) is 2. The maximum absolute atomic E-state index is 12.8. The third kappa shape index (κ3) is 5.23. The van der Waals surface area contributed by atoms with E-state index in [-0.39, 0.29) is 23.1 Å². The van der Waals surface area contributed by atoms with Gasteiger partial charge in [-0.15, -0.1) is 22.7 Å². The molecular formula is C22H22ClN5O3S2. The molecule has 172 valence electrons. The van der Waals surface area contributed by atoms with Crippen LogP contribution >= 0.6 is 34.3 Å². The molecule has 1 saturated heterocycles. The smallest absolute Gasteiger partial charge is 0.289 e. The molecule has 1 aliphatic heterocycles. The van der Waals surface area contributed by atoms with Gasteiger partial charge in [0.2, 0.25) is 0 Å². The molecule has 0 aliphatic carbocycles. The highest BCUT2D eigenvalue weighted by molar-refractivity contribution is 7.13. The fraction of sp³-hybridized carbons (Fsp3) is 0.318. The Balaban J connectivity index is 1.31. The second kappa shape index (κ2) is 9.98. The van der Waals surface area contributed by atoms with E-state index < -0.39 is 11.8 Å². The summed E-state index contributed by atoms with van der Waals surface area (Å²) >= 11 is 8.85. The molecule has 2 aromatic heterocycles. The van der Waals surface area contributed by atoms with Gasteiger partial charge in [-0.25, -0.2) is 9.97 Å². The van der Waals surface area contributed by atoms with Crippen molar-refractivity contribution in [3.05, 3.63) is 66.5 Å². The van der Waals surface area contributed by atoms with Gasteiger partial charge in [-0.05, 0) is 38.8 Å². The summed E-state index contributed by atoms with van der Waals surface area (Å²) in [5.74, 6) is -0.790. The van der Waals surface area contributed by atoms with Gasteiger partial charge in [-0.3, -0.25) is 25.2 Å². The second-order valence-corrected chi connectivity index (χ2v) is 10.2. The van der Waals surface area contributed by atoms with Crippen LogP contribution in [0.3, 0.4) is 0 Å². The molecule has 3 aromatic rings. The van der Waals surface area contributed by atoms with Crippen molar-refractivity contribution in [3.63, 3.8) is 0 Å². The van der Waals surface area contributed by atoms with Crippen LogP contribution in [0.4, 0.5) is 0 Å². The van der Waals surface area contributed by atoms with Gasteiger partial charge >= 0.3 is 0 Å². The summed E-state index contributed by atoms with van der Waals surface area (Å²) in [5.41, 5.74) is 6.02. The van der Waals surface area contributed by atoms with Crippen molar-refractivity contribution in [3.8, 4) is 0 Å². The highest BCUT2D eigenvalue weighted by Gasteiger charge is 2.28. The summed E-state index contributed by atoms with van der Waals surface area (Å²) in [6.07, 6.45) is 1.56. The molecule has 3 amide bonds. The molecule has 1 aromatic carbocycles. The molecule has 0 unspecified atom stereocenters. The van der Waals surface area contributed by atoms with Gasteiger partial charge in [-0.2, -0.15) is 0 Å². The number of halogens is 1. The normalized spacial score (nSPS) is 14.2. The number of rotatable bonds is 4. The molecule has 1 fully saturated rings. The molecule has 2 N–H and O–H groups in total. The largest absolute Gasteiger partial charge is 0.338 e. The van der Waals surface area contributed by atoms with Crippen LogP contribution in [0.1, 0.15) is 65.0 Å². The number of benzene rings is 1. The van der Waals surface area contributed by atoms with Crippen molar-refractivity contribution in [2.24, 2.45) is 0 Å². The lowest BCUT2D eigenvalue weighted by Crippen LogP contribution is -2.41. The second-order valence-electron chi connectivity index (χ2n) is 7.67. The fourth-order valence-electron chi connectivity index (χ4n) is 3.67. The van der Waals surface area contributed by atoms with Crippen LogP contribution in [0.15, 0.2) is 29.6 Å². The molecule has 3 heterocycles. The Morgan fingerprint density at radius 2 is 1.76 bits per heavy atom. The van der Waals surface area contributed by atoms with Crippen LogP contribution in [0.5, 0.6) is 0 Å². The minimum Gasteiger partial charge on any atom is -0.338 e. The maximum Gasteiger partial charge on any atom is 0.289 e. The van der Waals surface area contributed by atoms with Crippen LogP contribution in [-0.2, 0) is 0 Å². The lowest BCUT2D eigenvalue weighted by Gasteiger charge is -2.30. The average molecular weight is 504 g/mol. The van der Waals surface area contributed by atoms with Crippen LogP contribution in [0.25, 0.3) is 0 Å². The van der Waals surface area contributed by atoms with Gasteiger partial charge in [0.15, 0.2) is 0 Å². The van der Waals surface area contributed by atoms with Crippen molar-refractivity contribution in [2.45, 2.75) is 32.6 Å². The van der Waals surface area contributed by atoms with E-state index in [1.54, 1.807) is 29.6 Å². The third-order valence-electron chi connectivity index (χ3n) is 5.39. The molecular weight excluding hydrogens is 482 g/mol. The molecule has 8 nitrogen and oxygen atoms in total. The lowest BCUT2D eigenvalue weighted by atomic mass is 9.97. The first kappa shape index (κ1) is 23.3. The minimum atomic E-state index is -0.507. The molecule has 1 aliphatic rings. The van der Waals surface area contributed by atoms with Gasteiger partial charge in [0.05, 0.1) is 26.3 Å². The SMILES string of the molecule is Cc1nc(C)c(C(=O)N2CCC(c3nc(C(=O)NNC(=O)c4ccccc4Cl)cs3)CC2)s1. The van der Waals surface area contributed by atoms with Crippen molar-refractivity contribution in [2.75, 3.05) is 13.1 Å². The van der Waals surface area contributed by atoms with Crippen LogP contribution in [-0.4, -0.2) is 45.7 Å². The average Bonchev–Trinajstić information content (AvgIpc) is 3.43. The van der Waals surface area contributed by atoms with Crippen LogP contribution in [0.2, 0.25) is 5.02 Å². The number of piperidine rings is 1. The van der Waals surface area contributed by atoms with E-state index in [2.05, 4.69) is 20.8 Å². The molecule has 0 saturated carbocycles. The van der Waals surface area contributed by atoms with E-state index in [0.29, 0.717) is 23.0 Å². The topological polar surface area (TPSA) is 104 Å². The van der Waals surface area contributed by atoms with Gasteiger partial charge in [0.25, 0.3) is 17.7 Å². The Morgan fingerprint density at radius 3 is 2.42 bits per heavy atom. The first-order valence-electron chi connectivity index (χ1n) is 10.4. The summed E-state index contributed by atoms with van der Waals surface area (Å²) in [6.45, 7) is 5.03. The zero-order valence-corrected chi connectivity index (χ0v) is 20.4. The molecule has 0 bridgehead atoms. The number of nitrogens with zero attached hydrogens (tertiary/aromatic N) is 3. The summed E-state index contributed by atoms with van der Waals surface area (Å²) in [6, 6.07) is 6.58. The van der Waals surface area contributed by atoms with E-state index in [0.717, 1.165) is 28.6 Å². The number of thiazole rings is 2. The Labute approximate surface area is 204 Å². The van der Waals surface area contributed by atoms with E-state index in [1.165, 1.54) is 22.7 Å². The van der Waals surface area contributed by atoms with E-state index in [4.69, 9.17) is 11.6 Å². The first-order chi connectivity index (χ1) is 15.8. The number of aryl methyl sites for hydroxylation is 2. The minimum absolute atomic E-state index is 0.0324. The number of carbonyl (C=O) groups is 3. The van der Waals surface area contributed by atoms with E-state index in [1.807, 2.05) is 18.7 Å². The Kier molecular flexibility index (Phi) is 7.06. The number of hydrogen-bond acceptors (Lipinski definition) is 7. The number of hydrogen-bond donors (Lipinski definition) is 2. The summed E-state index contributed by atoms with van der Waals surface area (Å²) < 4.78 is 0. The molecule has 33 heavy (non-hydrogen) atoms. The van der Waals surface area contributed by atoms with Crippen LogP contribution in [0, 0.1) is 13.8 Å². The molecule has 11 heteroatoms. The van der Waals surface area contributed by atoms with E-state index >= 15 is 0 Å². The van der Waals surface area contributed by atoms with Gasteiger partial charge in [0.1, 0.15) is 10.6 Å². The van der Waals surface area contributed by atoms with E-state index in [9.17, 15) is 14.4 Å². The highest BCUT2D eigenvalue weighted by Crippen LogP contribution is 2.31. The lowest BCUT2D eigenvalue weighted by molar-refractivity contribution is 0.0716. The molecule has 0 atom stereocenters. The van der Waals surface area contributed by atoms with Crippen molar-refractivity contribution < 1.29 is 14.4 Å². The highest BCUT2D eigenvalue weighted by atomic mass is 35.5. The predicted octanol–water partition coefficient (Wildman–Crippen LogP) is 3.96. The fourth-order valence-corrected chi connectivity index (χ4v) is 5.75. The quantitative estimate of drug-likeness (QED) is 0.524. The maximum atomic E-state index is 12.8.